The van der Waals surface area contributed by atoms with E-state index in [4.69, 9.17) is 9.52 Å². The highest BCUT2D eigenvalue weighted by Crippen LogP contribution is 2.15. The van der Waals surface area contributed by atoms with Gasteiger partial charge in [0.1, 0.15) is 0 Å². The van der Waals surface area contributed by atoms with E-state index in [1.807, 2.05) is 6.92 Å². The highest BCUT2D eigenvalue weighted by atomic mass is 16.3. The summed E-state index contributed by atoms with van der Waals surface area (Å²) in [6, 6.07) is 1.78. The maximum atomic E-state index is 11.8. The first-order valence-electron chi connectivity index (χ1n) is 6.86. The molecule has 1 amide bonds. The summed E-state index contributed by atoms with van der Waals surface area (Å²) in [6.45, 7) is 5.51. The van der Waals surface area contributed by atoms with Crippen LogP contribution in [0.4, 0.5) is 0 Å². The van der Waals surface area contributed by atoms with Crippen molar-refractivity contribution < 1.29 is 14.3 Å². The van der Waals surface area contributed by atoms with Gasteiger partial charge in [-0.25, -0.2) is 0 Å². The normalized spacial score (nSPS) is 20.4. The number of likely N-dealkylation sites (tertiary alicyclic amines) is 1. The fraction of sp³-hybridized carbons (Fsp3) is 0.643. The number of hydrogen-bond acceptors (Lipinski definition) is 4. The van der Waals surface area contributed by atoms with Crippen LogP contribution in [0.5, 0.6) is 0 Å². The fourth-order valence-corrected chi connectivity index (χ4v) is 2.52. The summed E-state index contributed by atoms with van der Waals surface area (Å²) in [5.41, 5.74) is 0.857. The molecule has 0 aliphatic carbocycles. The second-order valence-electron chi connectivity index (χ2n) is 5.18. The molecule has 1 saturated heterocycles. The van der Waals surface area contributed by atoms with Crippen molar-refractivity contribution in [3.8, 4) is 0 Å². The van der Waals surface area contributed by atoms with Gasteiger partial charge in [0.25, 0.3) is 5.91 Å². The first-order chi connectivity index (χ1) is 9.20. The van der Waals surface area contributed by atoms with Gasteiger partial charge < -0.3 is 19.7 Å². The molecule has 1 aromatic heterocycles. The quantitative estimate of drug-likeness (QED) is 0.835. The molecular weight excluding hydrogens is 244 g/mol. The molecule has 0 aromatic carbocycles. The Labute approximate surface area is 113 Å². The van der Waals surface area contributed by atoms with Gasteiger partial charge in [0.15, 0.2) is 5.76 Å². The smallest absolute Gasteiger partial charge is 0.287 e. The predicted octanol–water partition coefficient (Wildman–Crippen LogP) is 1.02. The molecule has 0 saturated carbocycles. The van der Waals surface area contributed by atoms with Crippen molar-refractivity contribution in [3.05, 3.63) is 23.7 Å². The van der Waals surface area contributed by atoms with Crippen LogP contribution in [0.2, 0.25) is 0 Å². The molecule has 106 valence electrons. The monoisotopic (exact) mass is 266 g/mol. The number of aliphatic hydroxyl groups excluding tert-OH is 1. The lowest BCUT2D eigenvalue weighted by Gasteiger charge is -2.31. The number of aryl methyl sites for hydroxylation is 1. The largest absolute Gasteiger partial charge is 0.459 e. The first kappa shape index (κ1) is 14.1. The zero-order valence-corrected chi connectivity index (χ0v) is 11.4. The lowest BCUT2D eigenvalue weighted by atomic mass is 9.99. The van der Waals surface area contributed by atoms with E-state index in [0.29, 0.717) is 18.2 Å². The van der Waals surface area contributed by atoms with Crippen LogP contribution < -0.4 is 5.32 Å². The number of hydrogen-bond donors (Lipinski definition) is 2. The molecule has 19 heavy (non-hydrogen) atoms. The topological polar surface area (TPSA) is 65.7 Å². The standard InChI is InChI=1S/C14H22N2O3/c1-11-4-8-19-13(11)14(18)15-5-7-16-6-2-3-12(9-16)10-17/h4,8,12,17H,2-3,5-7,9-10H2,1H3,(H,15,18)/t12-/m1/s1. The van der Waals surface area contributed by atoms with Crippen LogP contribution in [-0.2, 0) is 0 Å². The minimum atomic E-state index is -0.154. The van der Waals surface area contributed by atoms with E-state index in [1.165, 1.54) is 6.26 Å². The average molecular weight is 266 g/mol. The van der Waals surface area contributed by atoms with Gasteiger partial charge in [-0.15, -0.1) is 0 Å². The van der Waals surface area contributed by atoms with Crippen LogP contribution >= 0.6 is 0 Å². The highest BCUT2D eigenvalue weighted by Gasteiger charge is 2.19. The van der Waals surface area contributed by atoms with Crippen molar-refractivity contribution in [2.75, 3.05) is 32.8 Å². The van der Waals surface area contributed by atoms with E-state index in [9.17, 15) is 4.79 Å². The summed E-state index contributed by atoms with van der Waals surface area (Å²) in [6.07, 6.45) is 3.75. The molecule has 2 N–H and O–H groups in total. The molecule has 0 spiro atoms. The van der Waals surface area contributed by atoms with Crippen molar-refractivity contribution in [2.45, 2.75) is 19.8 Å². The molecule has 0 bridgehead atoms. The Balaban J connectivity index is 1.72. The first-order valence-corrected chi connectivity index (χ1v) is 6.86. The van der Waals surface area contributed by atoms with Gasteiger partial charge in [0, 0.05) is 31.8 Å². The van der Waals surface area contributed by atoms with Gasteiger partial charge in [-0.05, 0) is 38.3 Å². The second kappa shape index (κ2) is 6.73. The number of carbonyl (C=O) groups excluding carboxylic acids is 1. The Bertz CT molecular complexity index is 417. The Morgan fingerprint density at radius 1 is 1.63 bits per heavy atom. The summed E-state index contributed by atoms with van der Waals surface area (Å²) < 4.78 is 5.14. The van der Waals surface area contributed by atoms with Crippen LogP contribution in [0.25, 0.3) is 0 Å². The van der Waals surface area contributed by atoms with Crippen molar-refractivity contribution in [1.82, 2.24) is 10.2 Å². The van der Waals surface area contributed by atoms with Gasteiger partial charge in [0.05, 0.1) is 6.26 Å². The zero-order valence-electron chi connectivity index (χ0n) is 11.4. The summed E-state index contributed by atoms with van der Waals surface area (Å²) in [5, 5.41) is 12.0. The van der Waals surface area contributed by atoms with Crippen molar-refractivity contribution >= 4 is 5.91 Å². The number of carbonyl (C=O) groups is 1. The number of nitrogens with one attached hydrogen (secondary N) is 1. The van der Waals surface area contributed by atoms with Gasteiger partial charge in [0.2, 0.25) is 0 Å². The van der Waals surface area contributed by atoms with Crippen molar-refractivity contribution in [3.63, 3.8) is 0 Å². The molecule has 2 heterocycles. The Kier molecular flexibility index (Phi) is 4.99. The van der Waals surface area contributed by atoms with E-state index in [0.717, 1.165) is 38.0 Å². The second-order valence-corrected chi connectivity index (χ2v) is 5.18. The highest BCUT2D eigenvalue weighted by molar-refractivity contribution is 5.92. The molecule has 5 nitrogen and oxygen atoms in total. The van der Waals surface area contributed by atoms with E-state index < -0.39 is 0 Å². The third-order valence-corrected chi connectivity index (χ3v) is 3.64. The molecule has 1 atom stereocenters. The van der Waals surface area contributed by atoms with Gasteiger partial charge in [-0.3, -0.25) is 4.79 Å². The van der Waals surface area contributed by atoms with Gasteiger partial charge in [-0.1, -0.05) is 0 Å². The Morgan fingerprint density at radius 2 is 2.47 bits per heavy atom. The molecule has 1 aliphatic rings. The number of amides is 1. The van der Waals surface area contributed by atoms with E-state index >= 15 is 0 Å². The number of aliphatic hydroxyl groups is 1. The minimum absolute atomic E-state index is 0.154. The number of furan rings is 1. The molecule has 0 unspecified atom stereocenters. The lowest BCUT2D eigenvalue weighted by Crippen LogP contribution is -2.41. The molecular formula is C14H22N2O3. The molecule has 0 radical (unpaired) electrons. The molecule has 1 aliphatic heterocycles. The zero-order chi connectivity index (χ0) is 13.7. The molecule has 1 fully saturated rings. The van der Waals surface area contributed by atoms with Crippen LogP contribution in [0.15, 0.2) is 16.7 Å². The van der Waals surface area contributed by atoms with Crippen LogP contribution in [0, 0.1) is 12.8 Å². The summed E-state index contributed by atoms with van der Waals surface area (Å²) in [5.74, 6) is 0.627. The molecule has 1 aromatic rings. The van der Waals surface area contributed by atoms with E-state index in [2.05, 4.69) is 10.2 Å². The van der Waals surface area contributed by atoms with Crippen molar-refractivity contribution in [2.24, 2.45) is 5.92 Å². The third kappa shape index (κ3) is 3.81. The maximum absolute atomic E-state index is 11.8. The maximum Gasteiger partial charge on any atom is 0.287 e. The van der Waals surface area contributed by atoms with Crippen LogP contribution in [0.3, 0.4) is 0 Å². The summed E-state index contributed by atoms with van der Waals surface area (Å²) in [4.78, 5) is 14.1. The summed E-state index contributed by atoms with van der Waals surface area (Å²) in [7, 11) is 0. The van der Waals surface area contributed by atoms with Crippen LogP contribution in [-0.4, -0.2) is 48.7 Å². The van der Waals surface area contributed by atoms with Crippen LogP contribution in [0.1, 0.15) is 29.0 Å². The van der Waals surface area contributed by atoms with E-state index in [-0.39, 0.29) is 12.5 Å². The number of rotatable bonds is 5. The lowest BCUT2D eigenvalue weighted by molar-refractivity contribution is 0.0903. The van der Waals surface area contributed by atoms with Crippen molar-refractivity contribution in [1.29, 1.82) is 0 Å². The minimum Gasteiger partial charge on any atom is -0.459 e. The predicted molar refractivity (Wildman–Crippen MR) is 72.0 cm³/mol. The third-order valence-electron chi connectivity index (χ3n) is 3.64. The molecule has 5 heteroatoms. The number of piperidine rings is 1. The Hall–Kier alpha value is -1.33. The number of nitrogens with zero attached hydrogens (tertiary/aromatic N) is 1. The summed E-state index contributed by atoms with van der Waals surface area (Å²) >= 11 is 0. The SMILES string of the molecule is Cc1ccoc1C(=O)NCCN1CCC[C@@H](CO)C1. The van der Waals surface area contributed by atoms with Gasteiger partial charge >= 0.3 is 0 Å². The van der Waals surface area contributed by atoms with Gasteiger partial charge in [-0.2, -0.15) is 0 Å². The fourth-order valence-electron chi connectivity index (χ4n) is 2.52. The molecule has 2 rings (SSSR count). The van der Waals surface area contributed by atoms with E-state index in [1.54, 1.807) is 6.07 Å². The Morgan fingerprint density at radius 3 is 3.16 bits per heavy atom. The average Bonchev–Trinajstić information content (AvgIpc) is 2.85.